The van der Waals surface area contributed by atoms with Crippen molar-refractivity contribution in [3.05, 3.63) is 36.0 Å². The fraction of sp³-hybridized carbons (Fsp3) is 0.423. The van der Waals surface area contributed by atoms with Gasteiger partial charge in [-0.15, -0.1) is 0 Å². The number of amides is 5. The quantitative estimate of drug-likeness (QED) is 0.0462. The fourth-order valence-electron chi connectivity index (χ4n) is 4.16. The number of H-pyrrole nitrogens is 1. The number of hydrogen-bond donors (Lipinski definition) is 10. The van der Waals surface area contributed by atoms with Crippen LogP contribution >= 0.6 is 0 Å². The van der Waals surface area contributed by atoms with E-state index in [1.807, 2.05) is 18.2 Å². The monoisotopic (exact) mass is 602 g/mol. The lowest BCUT2D eigenvalue weighted by molar-refractivity contribution is -0.143. The summed E-state index contributed by atoms with van der Waals surface area (Å²) in [6, 6.07) is 1.90. The van der Waals surface area contributed by atoms with Gasteiger partial charge in [-0.2, -0.15) is 0 Å². The second-order valence-corrected chi connectivity index (χ2v) is 9.82. The first kappa shape index (κ1) is 34.0. The Morgan fingerprint density at radius 1 is 0.837 bits per heavy atom. The van der Waals surface area contributed by atoms with Crippen molar-refractivity contribution in [3.8, 4) is 0 Å². The molecule has 43 heavy (non-hydrogen) atoms. The number of hydrogen-bond acceptors (Lipinski definition) is 8. The van der Waals surface area contributed by atoms with Crippen LogP contribution in [0.5, 0.6) is 0 Å². The summed E-state index contributed by atoms with van der Waals surface area (Å²) in [5.41, 5.74) is 28.3. The highest BCUT2D eigenvalue weighted by Gasteiger charge is 2.31. The number of nitrogens with zero attached hydrogens (tertiary/aromatic N) is 1. The predicted molar refractivity (Wildman–Crippen MR) is 156 cm³/mol. The van der Waals surface area contributed by atoms with E-state index in [-0.39, 0.29) is 44.6 Å². The fourth-order valence-corrected chi connectivity index (χ4v) is 4.16. The van der Waals surface area contributed by atoms with Gasteiger partial charge in [0.25, 0.3) is 0 Å². The topological polar surface area (TPSA) is 317 Å². The molecule has 2 rings (SSSR count). The van der Waals surface area contributed by atoms with Crippen molar-refractivity contribution in [3.63, 3.8) is 0 Å². The number of carbonyl (C=O) groups excluding carboxylic acids is 5. The third-order valence-corrected chi connectivity index (χ3v) is 6.37. The number of primary amides is 2. The zero-order valence-electron chi connectivity index (χ0n) is 23.4. The summed E-state index contributed by atoms with van der Waals surface area (Å²) in [6.07, 6.45) is 0.913. The molecule has 0 saturated carbocycles. The van der Waals surface area contributed by atoms with E-state index in [4.69, 9.17) is 28.7 Å². The highest BCUT2D eigenvalue weighted by atomic mass is 16.4. The molecule has 5 amide bonds. The standard InChI is InChI=1S/C26H38N10O7/c27-15(7-8-20(28)37)22(39)35-18(10-13-12-33-16-5-2-1-4-14(13)16)24(41)34-17(6-3-9-32-26(30)31)23(40)36-19(25(42)43)11-21(29)38/h1-2,4-5,12,15,17-19,33H,3,6-11,27H2,(H2,28,37)(H2,29,38)(H,34,41)(H,35,39)(H,36,40)(H,42,43)(H4,30,31,32). The number of benzene rings is 1. The van der Waals surface area contributed by atoms with Crippen LogP contribution < -0.4 is 44.6 Å². The van der Waals surface area contributed by atoms with E-state index >= 15 is 0 Å². The number of aliphatic carboxylic acids is 1. The first-order chi connectivity index (χ1) is 20.3. The Morgan fingerprint density at radius 3 is 2.09 bits per heavy atom. The molecule has 0 fully saturated rings. The minimum absolute atomic E-state index is 0.0219. The Bertz CT molecular complexity index is 1350. The molecule has 4 unspecified atom stereocenters. The molecule has 0 aliphatic heterocycles. The van der Waals surface area contributed by atoms with Crippen molar-refractivity contribution in [2.24, 2.45) is 33.7 Å². The van der Waals surface area contributed by atoms with Crippen molar-refractivity contribution in [2.75, 3.05) is 6.54 Å². The maximum Gasteiger partial charge on any atom is 0.326 e. The molecule has 4 atom stereocenters. The van der Waals surface area contributed by atoms with Gasteiger partial charge in [0.05, 0.1) is 12.5 Å². The Hall–Kier alpha value is -5.19. The number of nitrogens with one attached hydrogen (secondary N) is 4. The van der Waals surface area contributed by atoms with Gasteiger partial charge in [0.15, 0.2) is 5.96 Å². The van der Waals surface area contributed by atoms with Crippen LogP contribution in [0.3, 0.4) is 0 Å². The molecule has 1 heterocycles. The van der Waals surface area contributed by atoms with E-state index in [1.165, 1.54) is 0 Å². The number of nitrogens with two attached hydrogens (primary N) is 5. The van der Waals surface area contributed by atoms with Gasteiger partial charge in [-0.25, -0.2) is 4.79 Å². The van der Waals surface area contributed by atoms with Gasteiger partial charge in [0.2, 0.25) is 29.5 Å². The van der Waals surface area contributed by atoms with E-state index in [9.17, 15) is 33.9 Å². The molecule has 0 radical (unpaired) electrons. The Morgan fingerprint density at radius 2 is 1.47 bits per heavy atom. The Labute approximate surface area is 246 Å². The van der Waals surface area contributed by atoms with Gasteiger partial charge in [0.1, 0.15) is 18.1 Å². The molecule has 0 spiro atoms. The van der Waals surface area contributed by atoms with Gasteiger partial charge in [-0.1, -0.05) is 18.2 Å². The summed E-state index contributed by atoms with van der Waals surface area (Å²) in [5.74, 6) is -5.75. The summed E-state index contributed by atoms with van der Waals surface area (Å²) < 4.78 is 0. The lowest BCUT2D eigenvalue weighted by atomic mass is 10.0. The largest absolute Gasteiger partial charge is 0.480 e. The second-order valence-electron chi connectivity index (χ2n) is 9.82. The van der Waals surface area contributed by atoms with Crippen molar-refractivity contribution < 1.29 is 33.9 Å². The van der Waals surface area contributed by atoms with Crippen LogP contribution in [0.1, 0.15) is 37.7 Å². The van der Waals surface area contributed by atoms with E-state index < -0.39 is 66.1 Å². The Balaban J connectivity index is 2.33. The zero-order chi connectivity index (χ0) is 32.1. The van der Waals surface area contributed by atoms with Gasteiger partial charge < -0.3 is 54.7 Å². The van der Waals surface area contributed by atoms with Crippen LogP contribution in [0.25, 0.3) is 10.9 Å². The highest BCUT2D eigenvalue weighted by Crippen LogP contribution is 2.19. The second kappa shape index (κ2) is 16.3. The van der Waals surface area contributed by atoms with Crippen LogP contribution in [0.2, 0.25) is 0 Å². The molecule has 2 aromatic rings. The van der Waals surface area contributed by atoms with Crippen LogP contribution in [0.4, 0.5) is 0 Å². The van der Waals surface area contributed by atoms with Crippen LogP contribution in [0, 0.1) is 0 Å². The zero-order valence-corrected chi connectivity index (χ0v) is 23.4. The maximum atomic E-state index is 13.6. The molecule has 0 aliphatic carbocycles. The maximum absolute atomic E-state index is 13.6. The molecule has 234 valence electrons. The van der Waals surface area contributed by atoms with E-state index in [2.05, 4.69) is 25.9 Å². The van der Waals surface area contributed by atoms with Crippen LogP contribution in [-0.4, -0.2) is 82.3 Å². The average Bonchev–Trinajstić information content (AvgIpc) is 3.34. The number of guanidine groups is 1. The number of fused-ring (bicyclic) bond motifs is 1. The molecule has 0 saturated heterocycles. The predicted octanol–water partition coefficient (Wildman–Crippen LogP) is -3.23. The molecule has 0 aliphatic rings. The van der Waals surface area contributed by atoms with Crippen LogP contribution in [-0.2, 0) is 35.2 Å². The number of aliphatic imine (C=N–C) groups is 1. The number of aromatic amines is 1. The molecule has 17 heteroatoms. The third kappa shape index (κ3) is 11.3. The lowest BCUT2D eigenvalue weighted by Gasteiger charge is -2.25. The van der Waals surface area contributed by atoms with Crippen molar-refractivity contribution in [1.29, 1.82) is 0 Å². The molecule has 0 bridgehead atoms. The third-order valence-electron chi connectivity index (χ3n) is 6.37. The molecule has 17 nitrogen and oxygen atoms in total. The van der Waals surface area contributed by atoms with Crippen molar-refractivity contribution in [1.82, 2.24) is 20.9 Å². The number of rotatable bonds is 18. The molecular weight excluding hydrogens is 564 g/mol. The number of aromatic nitrogens is 1. The summed E-state index contributed by atoms with van der Waals surface area (Å²) in [4.78, 5) is 80.5. The Kier molecular flexibility index (Phi) is 12.9. The summed E-state index contributed by atoms with van der Waals surface area (Å²) in [6.45, 7) is 0.0931. The SMILES string of the molecule is NC(=O)CCC(N)C(=O)NC(Cc1c[nH]c2ccccc12)C(=O)NC(CCCN=C(N)N)C(=O)NC(CC(N)=O)C(=O)O. The van der Waals surface area contributed by atoms with Crippen molar-refractivity contribution >= 4 is 52.4 Å². The van der Waals surface area contributed by atoms with E-state index in [1.54, 1.807) is 12.3 Å². The number of carboxylic acids is 1. The van der Waals surface area contributed by atoms with E-state index in [0.29, 0.717) is 5.56 Å². The first-order valence-corrected chi connectivity index (χ1v) is 13.3. The summed E-state index contributed by atoms with van der Waals surface area (Å²) >= 11 is 0. The smallest absolute Gasteiger partial charge is 0.326 e. The van der Waals surface area contributed by atoms with Gasteiger partial charge in [0, 0.05) is 36.5 Å². The summed E-state index contributed by atoms with van der Waals surface area (Å²) in [7, 11) is 0. The summed E-state index contributed by atoms with van der Waals surface area (Å²) in [5, 5.41) is 17.5. The van der Waals surface area contributed by atoms with Gasteiger partial charge >= 0.3 is 5.97 Å². The van der Waals surface area contributed by atoms with Gasteiger partial charge in [-0.3, -0.25) is 29.0 Å². The molecular formula is C26H38N10O7. The first-order valence-electron chi connectivity index (χ1n) is 13.3. The molecule has 1 aromatic heterocycles. The highest BCUT2D eigenvalue weighted by molar-refractivity contribution is 5.95. The van der Waals surface area contributed by atoms with Crippen LogP contribution in [0.15, 0.2) is 35.5 Å². The number of carboxylic acid groups (broad SMARTS) is 1. The van der Waals surface area contributed by atoms with Gasteiger partial charge in [-0.05, 0) is 30.9 Å². The molecule has 15 N–H and O–H groups in total. The minimum Gasteiger partial charge on any atom is -0.480 e. The van der Waals surface area contributed by atoms with Crippen molar-refractivity contribution in [2.45, 2.75) is 62.7 Å². The normalized spacial score (nSPS) is 13.6. The number of para-hydroxylation sites is 1. The average molecular weight is 603 g/mol. The minimum atomic E-state index is -1.65. The lowest BCUT2D eigenvalue weighted by Crippen LogP contribution is -2.57. The molecule has 1 aromatic carbocycles. The number of carbonyl (C=O) groups is 6. The van der Waals surface area contributed by atoms with E-state index in [0.717, 1.165) is 10.9 Å².